The van der Waals surface area contributed by atoms with Gasteiger partial charge in [-0.1, -0.05) is 0 Å². The van der Waals surface area contributed by atoms with Crippen molar-refractivity contribution in [1.29, 1.82) is 5.26 Å². The van der Waals surface area contributed by atoms with Crippen LogP contribution in [-0.4, -0.2) is 13.1 Å². The van der Waals surface area contributed by atoms with Gasteiger partial charge in [-0.2, -0.15) is 5.26 Å². The van der Waals surface area contributed by atoms with Crippen molar-refractivity contribution >= 4 is 23.0 Å². The number of rotatable bonds is 5. The number of nitrogens with one attached hydrogen (secondary N) is 1. The minimum atomic E-state index is -0.458. The van der Waals surface area contributed by atoms with Crippen molar-refractivity contribution in [2.45, 2.75) is 13.0 Å². The number of carbonyl (C=O) groups excluding carboxylic acids is 1. The molecule has 1 aromatic carbocycles. The predicted octanol–water partition coefficient (Wildman–Crippen LogP) is 3.09. The van der Waals surface area contributed by atoms with Gasteiger partial charge in [-0.25, -0.2) is 4.39 Å². The van der Waals surface area contributed by atoms with Gasteiger partial charge >= 0.3 is 5.97 Å². The van der Waals surface area contributed by atoms with Gasteiger partial charge in [-0.15, -0.1) is 11.3 Å². The van der Waals surface area contributed by atoms with E-state index in [1.54, 1.807) is 6.07 Å². The van der Waals surface area contributed by atoms with E-state index in [2.05, 4.69) is 10.1 Å². The highest BCUT2D eigenvalue weighted by Crippen LogP contribution is 2.21. The highest BCUT2D eigenvalue weighted by molar-refractivity contribution is 7.12. The molecule has 2 aromatic rings. The van der Waals surface area contributed by atoms with Crippen molar-refractivity contribution in [2.24, 2.45) is 0 Å². The maximum atomic E-state index is 13.7. The number of methoxy groups -OCH3 is 1. The van der Waals surface area contributed by atoms with E-state index >= 15 is 0 Å². The first kappa shape index (κ1) is 15.0. The molecule has 1 N–H and O–H groups in total. The normalized spacial score (nSPS) is 9.95. The number of benzene rings is 1. The van der Waals surface area contributed by atoms with Gasteiger partial charge in [0.2, 0.25) is 0 Å². The molecule has 0 bridgehead atoms. The monoisotopic (exact) mass is 304 g/mol. The van der Waals surface area contributed by atoms with E-state index in [1.165, 1.54) is 30.6 Å². The zero-order valence-corrected chi connectivity index (χ0v) is 12.2. The number of thiophene rings is 1. The zero-order valence-electron chi connectivity index (χ0n) is 11.4. The van der Waals surface area contributed by atoms with Crippen LogP contribution < -0.4 is 5.32 Å². The Morgan fingerprint density at radius 2 is 2.14 bits per heavy atom. The summed E-state index contributed by atoms with van der Waals surface area (Å²) in [5, 5.41) is 11.7. The highest BCUT2D eigenvalue weighted by Gasteiger charge is 2.07. The second-order valence-electron chi connectivity index (χ2n) is 4.28. The number of carbonyl (C=O) groups is 1. The molecule has 108 valence electrons. The van der Waals surface area contributed by atoms with Crippen LogP contribution in [0.4, 0.5) is 10.1 Å². The summed E-state index contributed by atoms with van der Waals surface area (Å²) in [5.74, 6) is -0.741. The number of hydrogen-bond donors (Lipinski definition) is 1. The summed E-state index contributed by atoms with van der Waals surface area (Å²) < 4.78 is 18.3. The van der Waals surface area contributed by atoms with E-state index in [4.69, 9.17) is 5.26 Å². The maximum absolute atomic E-state index is 13.7. The smallest absolute Gasteiger partial charge is 0.310 e. The number of nitrogens with zero attached hydrogens (tertiary/aromatic N) is 1. The Labute approximate surface area is 125 Å². The molecule has 0 spiro atoms. The van der Waals surface area contributed by atoms with E-state index in [9.17, 15) is 9.18 Å². The fraction of sp³-hybridized carbons (Fsp3) is 0.200. The molecule has 0 amide bonds. The molecule has 0 aliphatic carbocycles. The highest BCUT2D eigenvalue weighted by atomic mass is 32.1. The Morgan fingerprint density at radius 3 is 2.81 bits per heavy atom. The fourth-order valence-electron chi connectivity index (χ4n) is 1.74. The van der Waals surface area contributed by atoms with E-state index in [0.29, 0.717) is 12.2 Å². The first-order valence-corrected chi connectivity index (χ1v) is 7.02. The van der Waals surface area contributed by atoms with Crippen LogP contribution in [0.5, 0.6) is 0 Å². The van der Waals surface area contributed by atoms with E-state index in [-0.39, 0.29) is 18.0 Å². The SMILES string of the molecule is COC(=O)Cc1ccc(CNc2ccc(C#N)cc2F)s1. The van der Waals surface area contributed by atoms with Gasteiger partial charge in [0, 0.05) is 16.3 Å². The average molecular weight is 304 g/mol. The van der Waals surface area contributed by atoms with Crippen LogP contribution in [0.1, 0.15) is 15.3 Å². The molecule has 4 nitrogen and oxygen atoms in total. The molecule has 0 fully saturated rings. The molecule has 1 heterocycles. The van der Waals surface area contributed by atoms with Gasteiger partial charge in [-0.3, -0.25) is 4.79 Å². The minimum Gasteiger partial charge on any atom is -0.469 e. The topological polar surface area (TPSA) is 62.1 Å². The minimum absolute atomic E-state index is 0.242. The Bertz CT molecular complexity index is 691. The number of esters is 1. The lowest BCUT2D eigenvalue weighted by atomic mass is 10.2. The summed E-state index contributed by atoms with van der Waals surface area (Å²) in [6.45, 7) is 0.453. The molecule has 0 saturated carbocycles. The number of hydrogen-bond acceptors (Lipinski definition) is 5. The summed E-state index contributed by atoms with van der Waals surface area (Å²) >= 11 is 1.47. The van der Waals surface area contributed by atoms with Crippen LogP contribution in [0.3, 0.4) is 0 Å². The lowest BCUT2D eigenvalue weighted by Gasteiger charge is -2.06. The zero-order chi connectivity index (χ0) is 15.2. The second-order valence-corrected chi connectivity index (χ2v) is 5.53. The van der Waals surface area contributed by atoms with Gasteiger partial charge in [-0.05, 0) is 30.3 Å². The van der Waals surface area contributed by atoms with Gasteiger partial charge < -0.3 is 10.1 Å². The van der Waals surface area contributed by atoms with Gasteiger partial charge in [0.15, 0.2) is 0 Å². The largest absolute Gasteiger partial charge is 0.469 e. The molecular formula is C15H13FN2O2S. The Kier molecular flexibility index (Phi) is 4.90. The molecule has 0 radical (unpaired) electrons. The van der Waals surface area contributed by atoms with Gasteiger partial charge in [0.05, 0.1) is 30.9 Å². The first-order valence-electron chi connectivity index (χ1n) is 6.20. The number of halogens is 1. The second kappa shape index (κ2) is 6.86. The maximum Gasteiger partial charge on any atom is 0.310 e. The van der Waals surface area contributed by atoms with E-state index in [0.717, 1.165) is 9.75 Å². The van der Waals surface area contributed by atoms with Gasteiger partial charge in [0.25, 0.3) is 0 Å². The van der Waals surface area contributed by atoms with Crippen molar-refractivity contribution in [3.05, 3.63) is 51.5 Å². The molecule has 0 aliphatic rings. The van der Waals surface area contributed by atoms with Gasteiger partial charge in [0.1, 0.15) is 5.82 Å². The molecule has 2 rings (SSSR count). The summed E-state index contributed by atoms with van der Waals surface area (Å²) in [4.78, 5) is 13.1. The number of nitriles is 1. The van der Waals surface area contributed by atoms with Crippen LogP contribution in [-0.2, 0) is 22.5 Å². The predicted molar refractivity (Wildman–Crippen MR) is 78.5 cm³/mol. The summed E-state index contributed by atoms with van der Waals surface area (Å²) in [5.41, 5.74) is 0.631. The quantitative estimate of drug-likeness (QED) is 0.862. The van der Waals surface area contributed by atoms with Crippen molar-refractivity contribution < 1.29 is 13.9 Å². The molecule has 0 atom stereocenters. The first-order chi connectivity index (χ1) is 10.1. The molecule has 1 aromatic heterocycles. The molecule has 0 unspecified atom stereocenters. The van der Waals surface area contributed by atoms with Crippen LogP contribution in [0.2, 0.25) is 0 Å². The van der Waals surface area contributed by atoms with Crippen molar-refractivity contribution in [3.8, 4) is 6.07 Å². The third-order valence-electron chi connectivity index (χ3n) is 2.81. The lowest BCUT2D eigenvalue weighted by Crippen LogP contribution is -2.02. The number of anilines is 1. The molecular weight excluding hydrogens is 291 g/mol. The Hall–Kier alpha value is -2.39. The lowest BCUT2D eigenvalue weighted by molar-refractivity contribution is -0.139. The van der Waals surface area contributed by atoms with Crippen LogP contribution in [0.15, 0.2) is 30.3 Å². The Balaban J connectivity index is 1.97. The molecule has 6 heteroatoms. The molecule has 0 saturated heterocycles. The van der Waals surface area contributed by atoms with Crippen LogP contribution in [0, 0.1) is 17.1 Å². The molecule has 0 aliphatic heterocycles. The third kappa shape index (κ3) is 4.04. The number of ether oxygens (including phenoxy) is 1. The summed E-state index contributed by atoms with van der Waals surface area (Å²) in [6.07, 6.45) is 0.242. The summed E-state index contributed by atoms with van der Waals surface area (Å²) in [6, 6.07) is 9.92. The van der Waals surface area contributed by atoms with E-state index in [1.807, 2.05) is 18.2 Å². The Morgan fingerprint density at radius 1 is 1.38 bits per heavy atom. The van der Waals surface area contributed by atoms with Crippen LogP contribution in [0.25, 0.3) is 0 Å². The van der Waals surface area contributed by atoms with Crippen molar-refractivity contribution in [2.75, 3.05) is 12.4 Å². The van der Waals surface area contributed by atoms with Crippen molar-refractivity contribution in [1.82, 2.24) is 0 Å². The van der Waals surface area contributed by atoms with Crippen molar-refractivity contribution in [3.63, 3.8) is 0 Å². The van der Waals surface area contributed by atoms with E-state index < -0.39 is 5.82 Å². The van der Waals surface area contributed by atoms with Crippen LogP contribution >= 0.6 is 11.3 Å². The third-order valence-corrected chi connectivity index (χ3v) is 3.90. The average Bonchev–Trinajstić information content (AvgIpc) is 2.93. The standard InChI is InChI=1S/C15H13FN2O2S/c1-20-15(19)7-11-3-4-12(21-11)9-18-14-5-2-10(8-17)6-13(14)16/h2-6,18H,7,9H2,1H3. The molecule has 21 heavy (non-hydrogen) atoms. The summed E-state index contributed by atoms with van der Waals surface area (Å²) in [7, 11) is 1.35. The fourth-order valence-corrected chi connectivity index (χ4v) is 2.68.